The molecule has 0 heterocycles. The predicted octanol–water partition coefficient (Wildman–Crippen LogP) is 4.36. The van der Waals surface area contributed by atoms with Crippen LogP contribution in [0, 0.1) is 5.41 Å². The second-order valence-electron chi connectivity index (χ2n) is 4.76. The third-order valence-corrected chi connectivity index (χ3v) is 8.75. The van der Waals surface area contributed by atoms with Gasteiger partial charge in [-0.25, -0.2) is 0 Å². The predicted molar refractivity (Wildman–Crippen MR) is 56.8 cm³/mol. The molecule has 0 nitrogen and oxygen atoms in total. The highest BCUT2D eigenvalue weighted by Crippen LogP contribution is 2.54. The Labute approximate surface area is 80.7 Å². The molecule has 3 heteroatoms. The summed E-state index contributed by atoms with van der Waals surface area (Å²) in [4.78, 5) is 0. The Hall–Kier alpha value is 0.797. The molecule has 0 radical (unpaired) electrons. The van der Waals surface area contributed by atoms with Gasteiger partial charge in [0.05, 0.1) is 0 Å². The third-order valence-electron chi connectivity index (χ3n) is 2.97. The fourth-order valence-electron chi connectivity index (χ4n) is 0.658. The molecule has 11 heavy (non-hydrogen) atoms. The molecular weight excluding hydrogens is 195 g/mol. The first-order valence-electron chi connectivity index (χ1n) is 3.88. The van der Waals surface area contributed by atoms with Crippen LogP contribution in [0.2, 0.25) is 11.6 Å². The molecule has 68 valence electrons. The summed E-state index contributed by atoms with van der Waals surface area (Å²) < 4.78 is 0. The average Bonchev–Trinajstić information content (AvgIpc) is 1.58. The quantitative estimate of drug-likeness (QED) is 0.448. The van der Waals surface area contributed by atoms with Gasteiger partial charge in [0.25, 0.3) is 6.69 Å². The molecule has 0 aromatic rings. The van der Waals surface area contributed by atoms with E-state index in [1.165, 1.54) is 0 Å². The van der Waals surface area contributed by atoms with Crippen LogP contribution in [0.5, 0.6) is 0 Å². The van der Waals surface area contributed by atoms with Gasteiger partial charge in [0, 0.05) is 0 Å². The van der Waals surface area contributed by atoms with E-state index in [1.54, 1.807) is 0 Å². The maximum atomic E-state index is 6.21. The van der Waals surface area contributed by atoms with Crippen LogP contribution < -0.4 is 0 Å². The molecule has 0 amide bonds. The van der Waals surface area contributed by atoms with E-state index in [2.05, 4.69) is 34.6 Å². The molecule has 0 saturated carbocycles. The van der Waals surface area contributed by atoms with Crippen molar-refractivity contribution < 1.29 is 0 Å². The summed E-state index contributed by atoms with van der Waals surface area (Å²) in [6.45, 7) is 10.8. The van der Waals surface area contributed by atoms with Gasteiger partial charge in [-0.15, -0.1) is 22.2 Å². The van der Waals surface area contributed by atoms with Crippen LogP contribution >= 0.6 is 22.2 Å². The lowest BCUT2D eigenvalue weighted by atomic mass is 9.82. The Balaban J connectivity index is 4.75. The molecule has 0 aliphatic heterocycles. The first kappa shape index (κ1) is 11.8. The van der Waals surface area contributed by atoms with Crippen LogP contribution in [0.25, 0.3) is 0 Å². The molecule has 0 unspecified atom stereocenters. The summed E-state index contributed by atoms with van der Waals surface area (Å²) in [5.74, 6) is 0. The third kappa shape index (κ3) is 2.36. The second-order valence-corrected chi connectivity index (χ2v) is 12.9. The lowest BCUT2D eigenvalue weighted by Gasteiger charge is -2.44. The highest BCUT2D eigenvalue weighted by Gasteiger charge is 2.48. The van der Waals surface area contributed by atoms with E-state index in [1.807, 2.05) is 6.55 Å². The van der Waals surface area contributed by atoms with Gasteiger partial charge in [-0.3, -0.25) is 0 Å². The van der Waals surface area contributed by atoms with Crippen molar-refractivity contribution in [1.82, 2.24) is 0 Å². The molecule has 0 N–H and O–H groups in total. The van der Waals surface area contributed by atoms with Crippen LogP contribution in [0.1, 0.15) is 34.6 Å². The number of hydrogen-bond donors (Lipinski definition) is 0. The van der Waals surface area contributed by atoms with Gasteiger partial charge < -0.3 is 0 Å². The molecule has 0 spiro atoms. The SMILES string of the molecule is CC(C)(C)C(C)(C)[Si](C)(Cl)Cl. The Morgan fingerprint density at radius 1 is 0.909 bits per heavy atom. The summed E-state index contributed by atoms with van der Waals surface area (Å²) in [7, 11) is 0. The topological polar surface area (TPSA) is 0 Å². The zero-order valence-corrected chi connectivity index (χ0v) is 10.8. The van der Waals surface area contributed by atoms with Crippen molar-refractivity contribution in [2.45, 2.75) is 46.2 Å². The van der Waals surface area contributed by atoms with Gasteiger partial charge in [0.2, 0.25) is 0 Å². The molecule has 0 bridgehead atoms. The second kappa shape index (κ2) is 2.93. The average molecular weight is 213 g/mol. The maximum Gasteiger partial charge on any atom is 0.254 e. The highest BCUT2D eigenvalue weighted by atomic mass is 35.7. The minimum atomic E-state index is -2.08. The Morgan fingerprint density at radius 3 is 1.18 bits per heavy atom. The van der Waals surface area contributed by atoms with Gasteiger partial charge >= 0.3 is 0 Å². The summed E-state index contributed by atoms with van der Waals surface area (Å²) in [6.07, 6.45) is 0. The van der Waals surface area contributed by atoms with E-state index in [-0.39, 0.29) is 10.5 Å². The smallest absolute Gasteiger partial charge is 0.146 e. The molecule has 0 aliphatic rings. The van der Waals surface area contributed by atoms with Crippen molar-refractivity contribution in [1.29, 1.82) is 0 Å². The van der Waals surface area contributed by atoms with Crippen molar-refractivity contribution in [3.05, 3.63) is 0 Å². The molecule has 0 fully saturated rings. The van der Waals surface area contributed by atoms with Crippen LogP contribution in [0.15, 0.2) is 0 Å². The summed E-state index contributed by atoms with van der Waals surface area (Å²) >= 11 is 12.4. The lowest BCUT2D eigenvalue weighted by molar-refractivity contribution is 0.295. The van der Waals surface area contributed by atoms with Crippen LogP contribution in [-0.4, -0.2) is 6.69 Å². The van der Waals surface area contributed by atoms with E-state index in [4.69, 9.17) is 22.2 Å². The minimum absolute atomic E-state index is 0.0448. The van der Waals surface area contributed by atoms with Gasteiger partial charge in [-0.1, -0.05) is 34.6 Å². The summed E-state index contributed by atoms with van der Waals surface area (Å²) in [6, 6.07) is 0. The van der Waals surface area contributed by atoms with Gasteiger partial charge in [0.15, 0.2) is 0 Å². The first-order chi connectivity index (χ1) is 4.50. The number of rotatable bonds is 1. The number of hydrogen-bond acceptors (Lipinski definition) is 0. The Morgan fingerprint density at radius 2 is 1.18 bits per heavy atom. The zero-order valence-electron chi connectivity index (χ0n) is 8.26. The maximum absolute atomic E-state index is 6.21. The van der Waals surface area contributed by atoms with E-state index >= 15 is 0 Å². The van der Waals surface area contributed by atoms with E-state index in [0.29, 0.717) is 0 Å². The lowest BCUT2D eigenvalue weighted by Crippen LogP contribution is -2.40. The summed E-state index contributed by atoms with van der Waals surface area (Å²) in [5.41, 5.74) is 0.178. The number of halogens is 2. The van der Waals surface area contributed by atoms with Gasteiger partial charge in [-0.05, 0) is 17.0 Å². The fourth-order valence-corrected chi connectivity index (χ4v) is 3.68. The minimum Gasteiger partial charge on any atom is -0.146 e. The van der Waals surface area contributed by atoms with E-state index < -0.39 is 6.69 Å². The van der Waals surface area contributed by atoms with E-state index in [9.17, 15) is 0 Å². The molecule has 0 aromatic heterocycles. The molecular formula is C8H18Cl2Si. The molecule has 0 atom stereocenters. The van der Waals surface area contributed by atoms with Gasteiger partial charge in [-0.2, -0.15) is 0 Å². The van der Waals surface area contributed by atoms with Crippen LogP contribution in [-0.2, 0) is 0 Å². The monoisotopic (exact) mass is 212 g/mol. The van der Waals surface area contributed by atoms with Crippen molar-refractivity contribution >= 4 is 28.9 Å². The van der Waals surface area contributed by atoms with Gasteiger partial charge in [0.1, 0.15) is 0 Å². The molecule has 0 rings (SSSR count). The molecule has 0 aliphatic carbocycles. The highest BCUT2D eigenvalue weighted by molar-refractivity contribution is 7.46. The largest absolute Gasteiger partial charge is 0.254 e. The van der Waals surface area contributed by atoms with Crippen molar-refractivity contribution in [2.75, 3.05) is 0 Å². The van der Waals surface area contributed by atoms with Crippen LogP contribution in [0.3, 0.4) is 0 Å². The van der Waals surface area contributed by atoms with Crippen molar-refractivity contribution in [3.8, 4) is 0 Å². The Bertz CT molecular complexity index is 123. The van der Waals surface area contributed by atoms with Crippen molar-refractivity contribution in [2.24, 2.45) is 5.41 Å². The molecule has 0 saturated heterocycles. The Kier molecular flexibility index (Phi) is 3.15. The van der Waals surface area contributed by atoms with E-state index in [0.717, 1.165) is 0 Å². The standard InChI is InChI=1S/C8H18Cl2Si/c1-7(2,3)8(4,5)11(6,9)10/h1-6H3. The zero-order chi connectivity index (χ0) is 9.50. The molecule has 0 aromatic carbocycles. The fraction of sp³-hybridized carbons (Fsp3) is 1.00. The van der Waals surface area contributed by atoms with Crippen molar-refractivity contribution in [3.63, 3.8) is 0 Å². The van der Waals surface area contributed by atoms with Crippen LogP contribution in [0.4, 0.5) is 0 Å². The summed E-state index contributed by atoms with van der Waals surface area (Å²) in [5, 5.41) is 0.0448. The normalized spacial score (nSPS) is 15.3. The first-order valence-corrected chi connectivity index (χ1v) is 8.40.